The van der Waals surface area contributed by atoms with E-state index in [2.05, 4.69) is 15.3 Å². The lowest BCUT2D eigenvalue weighted by molar-refractivity contribution is -0.113. The minimum Gasteiger partial charge on any atom is -0.508 e. The van der Waals surface area contributed by atoms with E-state index in [1.54, 1.807) is 12.1 Å². The van der Waals surface area contributed by atoms with Gasteiger partial charge in [0.1, 0.15) is 5.75 Å². The van der Waals surface area contributed by atoms with E-state index < -0.39 is 11.4 Å². The van der Waals surface area contributed by atoms with Gasteiger partial charge >= 0.3 is 0 Å². The van der Waals surface area contributed by atoms with E-state index >= 15 is 0 Å². The number of aromatic hydroxyl groups is 2. The number of aromatic amines is 1. The number of amides is 1. The predicted molar refractivity (Wildman–Crippen MR) is 74.0 cm³/mol. The zero-order valence-corrected chi connectivity index (χ0v) is 11.0. The number of hydrogen-bond donors (Lipinski definition) is 4. The number of H-pyrrole nitrogens is 1. The summed E-state index contributed by atoms with van der Waals surface area (Å²) in [6.07, 6.45) is 0. The number of aromatic nitrogens is 2. The molecule has 0 aliphatic heterocycles. The molecule has 2 rings (SSSR count). The Hall–Kier alpha value is -2.48. The van der Waals surface area contributed by atoms with Gasteiger partial charge in [-0.1, -0.05) is 17.8 Å². The number of carbonyl (C=O) groups excluding carboxylic acids is 1. The Bertz CT molecular complexity index is 686. The molecule has 0 bridgehead atoms. The molecule has 4 N–H and O–H groups in total. The van der Waals surface area contributed by atoms with Crippen LogP contribution in [-0.4, -0.2) is 31.8 Å². The van der Waals surface area contributed by atoms with Crippen molar-refractivity contribution >= 4 is 23.4 Å². The summed E-state index contributed by atoms with van der Waals surface area (Å²) in [6, 6.07) is 7.09. The summed E-state index contributed by atoms with van der Waals surface area (Å²) in [7, 11) is 0. The summed E-state index contributed by atoms with van der Waals surface area (Å²) < 4.78 is 0. The van der Waals surface area contributed by atoms with Gasteiger partial charge in [0.2, 0.25) is 11.8 Å². The van der Waals surface area contributed by atoms with Crippen LogP contribution in [0.3, 0.4) is 0 Å². The minimum absolute atomic E-state index is 0.00203. The molecule has 1 heterocycles. The van der Waals surface area contributed by atoms with Crippen molar-refractivity contribution in [3.05, 3.63) is 40.7 Å². The Balaban J connectivity index is 1.93. The zero-order chi connectivity index (χ0) is 14.5. The van der Waals surface area contributed by atoms with Crippen molar-refractivity contribution < 1.29 is 15.0 Å². The average molecular weight is 293 g/mol. The van der Waals surface area contributed by atoms with Crippen LogP contribution < -0.4 is 10.9 Å². The fraction of sp³-hybridized carbons (Fsp3) is 0.0833. The van der Waals surface area contributed by atoms with Gasteiger partial charge in [-0.2, -0.15) is 4.98 Å². The van der Waals surface area contributed by atoms with Gasteiger partial charge in [-0.05, 0) is 12.1 Å². The fourth-order valence-corrected chi connectivity index (χ4v) is 2.08. The van der Waals surface area contributed by atoms with E-state index in [1.165, 1.54) is 12.1 Å². The topological polar surface area (TPSA) is 115 Å². The highest BCUT2D eigenvalue weighted by Crippen LogP contribution is 2.17. The number of nitrogens with one attached hydrogen (secondary N) is 2. The number of hydrogen-bond acceptors (Lipinski definition) is 6. The van der Waals surface area contributed by atoms with Gasteiger partial charge in [-0.3, -0.25) is 9.59 Å². The maximum absolute atomic E-state index is 11.7. The maximum atomic E-state index is 11.7. The highest BCUT2D eigenvalue weighted by molar-refractivity contribution is 7.99. The second-order valence-corrected chi connectivity index (χ2v) is 4.76. The van der Waals surface area contributed by atoms with Crippen molar-refractivity contribution in [2.24, 2.45) is 0 Å². The molecule has 8 heteroatoms. The molecule has 0 spiro atoms. The van der Waals surface area contributed by atoms with Crippen LogP contribution in [0.4, 0.5) is 5.69 Å². The van der Waals surface area contributed by atoms with Crippen molar-refractivity contribution in [3.63, 3.8) is 0 Å². The SMILES string of the molecule is O=C(CSc1nc(O)cc(=O)[nH]1)Nc1cccc(O)c1. The van der Waals surface area contributed by atoms with Crippen molar-refractivity contribution in [1.29, 1.82) is 0 Å². The zero-order valence-electron chi connectivity index (χ0n) is 10.2. The van der Waals surface area contributed by atoms with Gasteiger partial charge in [0.25, 0.3) is 5.56 Å². The van der Waals surface area contributed by atoms with Crippen molar-refractivity contribution in [3.8, 4) is 11.6 Å². The molecule has 0 saturated carbocycles. The molecule has 0 atom stereocenters. The molecule has 0 fully saturated rings. The number of anilines is 1. The number of carbonyl (C=O) groups is 1. The van der Waals surface area contributed by atoms with Gasteiger partial charge in [0, 0.05) is 11.8 Å². The van der Waals surface area contributed by atoms with E-state index in [9.17, 15) is 14.7 Å². The number of rotatable bonds is 4. The summed E-state index contributed by atoms with van der Waals surface area (Å²) in [6.45, 7) is 0. The standard InChI is InChI=1S/C12H11N3O4S/c16-8-3-1-2-7(4-8)13-11(19)6-20-12-14-9(17)5-10(18)15-12/h1-5,16H,6H2,(H,13,19)(H2,14,15,17,18). The first-order valence-corrected chi connectivity index (χ1v) is 6.53. The molecule has 0 aliphatic carbocycles. The molecule has 0 radical (unpaired) electrons. The van der Waals surface area contributed by atoms with Crippen LogP contribution in [0.1, 0.15) is 0 Å². The Morgan fingerprint density at radius 3 is 2.85 bits per heavy atom. The highest BCUT2D eigenvalue weighted by atomic mass is 32.2. The van der Waals surface area contributed by atoms with Crippen LogP contribution in [0.2, 0.25) is 0 Å². The van der Waals surface area contributed by atoms with Crippen molar-refractivity contribution in [2.45, 2.75) is 5.16 Å². The van der Waals surface area contributed by atoms with E-state index in [4.69, 9.17) is 5.11 Å². The first-order valence-electron chi connectivity index (χ1n) is 5.55. The average Bonchev–Trinajstić information content (AvgIpc) is 2.35. The third-order valence-corrected chi connectivity index (χ3v) is 3.05. The fourth-order valence-electron chi connectivity index (χ4n) is 1.41. The second kappa shape index (κ2) is 6.11. The molecule has 0 unspecified atom stereocenters. The first kappa shape index (κ1) is 13.9. The second-order valence-electron chi connectivity index (χ2n) is 3.80. The van der Waals surface area contributed by atoms with Crippen LogP contribution in [0.15, 0.2) is 40.3 Å². The summed E-state index contributed by atoms with van der Waals surface area (Å²) >= 11 is 0.979. The Morgan fingerprint density at radius 1 is 1.35 bits per heavy atom. The van der Waals surface area contributed by atoms with E-state index in [-0.39, 0.29) is 22.6 Å². The summed E-state index contributed by atoms with van der Waals surface area (Å²) in [5.41, 5.74) is -0.0265. The number of nitrogens with zero attached hydrogens (tertiary/aromatic N) is 1. The van der Waals surface area contributed by atoms with Crippen LogP contribution in [0.5, 0.6) is 11.6 Å². The molecular weight excluding hydrogens is 282 g/mol. The van der Waals surface area contributed by atoms with Gasteiger partial charge in [0.05, 0.1) is 11.8 Å². The van der Waals surface area contributed by atoms with Gasteiger partial charge in [0.15, 0.2) is 5.16 Å². The Labute approximate surface area is 117 Å². The van der Waals surface area contributed by atoms with Crippen LogP contribution >= 0.6 is 11.8 Å². The van der Waals surface area contributed by atoms with Gasteiger partial charge < -0.3 is 20.5 Å². The minimum atomic E-state index is -0.492. The predicted octanol–water partition coefficient (Wildman–Crippen LogP) is 0.912. The van der Waals surface area contributed by atoms with Crippen LogP contribution in [0, 0.1) is 0 Å². The molecule has 7 nitrogen and oxygen atoms in total. The number of phenolic OH excluding ortho intramolecular Hbond substituents is 1. The highest BCUT2D eigenvalue weighted by Gasteiger charge is 2.06. The van der Waals surface area contributed by atoms with Gasteiger partial charge in [-0.15, -0.1) is 0 Å². The molecule has 104 valence electrons. The molecule has 1 aromatic carbocycles. The molecule has 0 aliphatic rings. The number of benzene rings is 1. The largest absolute Gasteiger partial charge is 0.508 e. The Morgan fingerprint density at radius 2 is 2.15 bits per heavy atom. The molecule has 2 aromatic rings. The third kappa shape index (κ3) is 4.02. The molecular formula is C12H11N3O4S. The van der Waals surface area contributed by atoms with Crippen LogP contribution in [0.25, 0.3) is 0 Å². The normalized spacial score (nSPS) is 10.2. The quantitative estimate of drug-likeness (QED) is 0.492. The van der Waals surface area contributed by atoms with Crippen molar-refractivity contribution in [1.82, 2.24) is 9.97 Å². The summed E-state index contributed by atoms with van der Waals surface area (Å²) in [5, 5.41) is 21.1. The van der Waals surface area contributed by atoms with E-state index in [0.717, 1.165) is 17.8 Å². The Kier molecular flexibility index (Phi) is 4.26. The monoisotopic (exact) mass is 293 g/mol. The summed E-state index contributed by atoms with van der Waals surface area (Å²) in [5.74, 6) is -0.673. The number of thioether (sulfide) groups is 1. The van der Waals surface area contributed by atoms with Crippen LogP contribution in [-0.2, 0) is 4.79 Å². The smallest absolute Gasteiger partial charge is 0.255 e. The molecule has 0 saturated heterocycles. The lowest BCUT2D eigenvalue weighted by Gasteiger charge is -2.05. The number of phenols is 1. The van der Waals surface area contributed by atoms with Gasteiger partial charge in [-0.25, -0.2) is 0 Å². The lowest BCUT2D eigenvalue weighted by Crippen LogP contribution is -2.15. The lowest BCUT2D eigenvalue weighted by atomic mass is 10.3. The molecule has 1 amide bonds. The third-order valence-electron chi connectivity index (χ3n) is 2.18. The van der Waals surface area contributed by atoms with Crippen molar-refractivity contribution in [2.75, 3.05) is 11.1 Å². The molecule has 1 aromatic heterocycles. The van der Waals surface area contributed by atoms with E-state index in [1.807, 2.05) is 0 Å². The maximum Gasteiger partial charge on any atom is 0.255 e. The molecule has 20 heavy (non-hydrogen) atoms. The van der Waals surface area contributed by atoms with E-state index in [0.29, 0.717) is 5.69 Å². The first-order chi connectivity index (χ1) is 9.52. The summed E-state index contributed by atoms with van der Waals surface area (Å²) in [4.78, 5) is 28.8.